The second-order valence-corrected chi connectivity index (χ2v) is 17.0. The molecule has 2 aromatic heterocycles. The number of nitrogens with zero attached hydrogens (tertiary/aromatic N) is 7. The summed E-state index contributed by atoms with van der Waals surface area (Å²) in [6.45, 7) is 6.49. The average molecular weight is 821 g/mol. The molecule has 1 atom stereocenters. The van der Waals surface area contributed by atoms with Gasteiger partial charge >= 0.3 is 6.18 Å². The molecule has 14 nitrogen and oxygen atoms in total. The average Bonchev–Trinajstić information content (AvgIpc) is 3.20. The van der Waals surface area contributed by atoms with E-state index in [1.807, 2.05) is 36.4 Å². The van der Waals surface area contributed by atoms with Crippen LogP contribution in [0.1, 0.15) is 53.9 Å². The summed E-state index contributed by atoms with van der Waals surface area (Å²) in [7, 11) is -2.33. The predicted octanol–water partition coefficient (Wildman–Crippen LogP) is 4.95. The van der Waals surface area contributed by atoms with Crippen LogP contribution in [0.2, 0.25) is 0 Å². The Kier molecular flexibility index (Phi) is 12.2. The molecule has 3 saturated heterocycles. The second kappa shape index (κ2) is 17.3. The zero-order chi connectivity index (χ0) is 41.0. The van der Waals surface area contributed by atoms with Gasteiger partial charge in [-0.1, -0.05) is 30.3 Å². The third kappa shape index (κ3) is 9.85. The van der Waals surface area contributed by atoms with Crippen LogP contribution in [0.15, 0.2) is 73.1 Å². The Morgan fingerprint density at radius 2 is 1.62 bits per heavy atom. The number of imide groups is 1. The lowest BCUT2D eigenvalue weighted by molar-refractivity contribution is -0.137. The minimum absolute atomic E-state index is 0.0356. The minimum Gasteiger partial charge on any atom is -0.371 e. The number of amides is 2. The van der Waals surface area contributed by atoms with Gasteiger partial charge in [0.15, 0.2) is 0 Å². The standard InChI is InChI=1S/C40H47F3N10O4S/c1-50(58(2,56)57)37-29(4-3-17-44-37)24-45-36-34(40(41,42)43)25-46-39(49-36)47-30-9-11-31(12-10-30)52-18-15-32(16-19-52)53-22-20-51(21-23-53)26-27-5-7-28(8-6-27)33-13-14-35(54)48-38(33)55/h3-12,17,25,32-33H,13-16,18-24,26H2,1-2H3,(H,48,54,55)(H2,45,46,47,49). The van der Waals surface area contributed by atoms with Gasteiger partial charge in [-0.3, -0.25) is 29.0 Å². The van der Waals surface area contributed by atoms with E-state index in [-0.39, 0.29) is 36.0 Å². The van der Waals surface area contributed by atoms with E-state index < -0.39 is 27.6 Å². The summed E-state index contributed by atoms with van der Waals surface area (Å²) < 4.78 is 67.0. The first-order chi connectivity index (χ1) is 27.7. The molecule has 18 heteroatoms. The predicted molar refractivity (Wildman–Crippen MR) is 215 cm³/mol. The Morgan fingerprint density at radius 3 is 2.28 bits per heavy atom. The smallest absolute Gasteiger partial charge is 0.371 e. The van der Waals surface area contributed by atoms with Crippen molar-refractivity contribution in [2.45, 2.75) is 56.9 Å². The van der Waals surface area contributed by atoms with Crippen molar-refractivity contribution in [1.82, 2.24) is 30.1 Å². The van der Waals surface area contributed by atoms with Gasteiger partial charge in [-0.15, -0.1) is 0 Å². The number of halogens is 3. The van der Waals surface area contributed by atoms with Crippen LogP contribution in [0, 0.1) is 0 Å². The number of hydrogen-bond donors (Lipinski definition) is 3. The number of nitrogens with one attached hydrogen (secondary N) is 3. The number of pyridine rings is 1. The first kappa shape index (κ1) is 40.9. The monoisotopic (exact) mass is 820 g/mol. The van der Waals surface area contributed by atoms with Gasteiger partial charge in [-0.25, -0.2) is 18.4 Å². The molecule has 3 fully saturated rings. The molecule has 1 unspecified atom stereocenters. The van der Waals surface area contributed by atoms with Crippen molar-refractivity contribution in [2.24, 2.45) is 0 Å². The van der Waals surface area contributed by atoms with Gasteiger partial charge in [-0.2, -0.15) is 18.2 Å². The van der Waals surface area contributed by atoms with Crippen molar-refractivity contribution >= 4 is 50.8 Å². The first-order valence-corrected chi connectivity index (χ1v) is 21.1. The number of anilines is 5. The van der Waals surface area contributed by atoms with E-state index in [2.05, 4.69) is 57.7 Å². The number of carbonyl (C=O) groups is 2. The van der Waals surface area contributed by atoms with Crippen molar-refractivity contribution in [3.05, 3.63) is 95.3 Å². The Balaban J connectivity index is 0.890. The Bertz CT molecular complexity index is 2190. The highest BCUT2D eigenvalue weighted by atomic mass is 32.2. The van der Waals surface area contributed by atoms with Crippen LogP contribution < -0.4 is 25.2 Å². The molecule has 308 valence electrons. The van der Waals surface area contributed by atoms with Crippen molar-refractivity contribution in [1.29, 1.82) is 0 Å². The molecule has 2 amide bonds. The molecule has 3 N–H and O–H groups in total. The number of benzene rings is 2. The summed E-state index contributed by atoms with van der Waals surface area (Å²) in [6, 6.07) is 19.5. The highest BCUT2D eigenvalue weighted by molar-refractivity contribution is 7.92. The van der Waals surface area contributed by atoms with Crippen molar-refractivity contribution in [2.75, 3.05) is 72.4 Å². The number of sulfonamides is 1. The molecule has 3 aliphatic heterocycles. The number of aromatic nitrogens is 3. The molecule has 3 aliphatic rings. The van der Waals surface area contributed by atoms with Gasteiger partial charge in [0, 0.05) is 101 Å². The third-order valence-corrected chi connectivity index (χ3v) is 12.3. The molecule has 7 rings (SSSR count). The summed E-state index contributed by atoms with van der Waals surface area (Å²) in [5.74, 6) is -1.09. The number of piperazine rings is 1. The molecule has 0 spiro atoms. The van der Waals surface area contributed by atoms with Crippen LogP contribution in [0.25, 0.3) is 0 Å². The summed E-state index contributed by atoms with van der Waals surface area (Å²) >= 11 is 0. The van der Waals surface area contributed by atoms with Crippen molar-refractivity contribution in [3.63, 3.8) is 0 Å². The highest BCUT2D eigenvalue weighted by Gasteiger charge is 2.36. The number of rotatable bonds is 12. The van der Waals surface area contributed by atoms with Crippen LogP contribution in [0.4, 0.5) is 42.1 Å². The third-order valence-electron chi connectivity index (χ3n) is 11.1. The van der Waals surface area contributed by atoms with Gasteiger partial charge in [-0.05, 0) is 60.7 Å². The van der Waals surface area contributed by atoms with Gasteiger partial charge in [0.25, 0.3) is 0 Å². The first-order valence-electron chi connectivity index (χ1n) is 19.3. The molecular formula is C40H47F3N10O4S. The summed E-state index contributed by atoms with van der Waals surface area (Å²) in [5, 5.41) is 8.15. The topological polar surface area (TPSA) is 156 Å². The van der Waals surface area contributed by atoms with Crippen LogP contribution in [0.3, 0.4) is 0 Å². The number of carbonyl (C=O) groups excluding carboxylic acids is 2. The van der Waals surface area contributed by atoms with E-state index in [4.69, 9.17) is 0 Å². The lowest BCUT2D eigenvalue weighted by Gasteiger charge is -2.43. The number of hydrogen-bond acceptors (Lipinski definition) is 12. The molecule has 2 aromatic carbocycles. The van der Waals surface area contributed by atoms with E-state index in [0.29, 0.717) is 36.3 Å². The molecule has 0 radical (unpaired) electrons. The maximum absolute atomic E-state index is 13.9. The zero-order valence-corrected chi connectivity index (χ0v) is 33.2. The fraction of sp³-hybridized carbons (Fsp3) is 0.425. The summed E-state index contributed by atoms with van der Waals surface area (Å²) in [5.41, 5.74) is 3.13. The normalized spacial score (nSPS) is 18.8. The quantitative estimate of drug-likeness (QED) is 0.166. The Morgan fingerprint density at radius 1 is 0.914 bits per heavy atom. The fourth-order valence-corrected chi connectivity index (χ4v) is 8.24. The second-order valence-electron chi connectivity index (χ2n) is 15.0. The van der Waals surface area contributed by atoms with Gasteiger partial charge < -0.3 is 15.5 Å². The molecule has 4 aromatic rings. The lowest BCUT2D eigenvalue weighted by atomic mass is 9.90. The van der Waals surface area contributed by atoms with E-state index in [0.717, 1.165) is 80.5 Å². The SMILES string of the molecule is CN(c1ncccc1CNc1nc(Nc2ccc(N3CCC(N4CCN(Cc5ccc(C6CCC(=O)NC6=O)cc5)CC4)CC3)cc2)ncc1C(F)(F)F)S(C)(=O)=O. The highest BCUT2D eigenvalue weighted by Crippen LogP contribution is 2.35. The Hall–Kier alpha value is -5.33. The minimum atomic E-state index is -4.73. The van der Waals surface area contributed by atoms with Crippen LogP contribution in [-0.2, 0) is 38.9 Å². The molecule has 0 bridgehead atoms. The largest absolute Gasteiger partial charge is 0.421 e. The lowest BCUT2D eigenvalue weighted by Crippen LogP contribution is -2.53. The van der Waals surface area contributed by atoms with Crippen LogP contribution in [0.5, 0.6) is 0 Å². The summed E-state index contributed by atoms with van der Waals surface area (Å²) in [6.07, 6.45) is 1.41. The molecule has 0 aliphatic carbocycles. The van der Waals surface area contributed by atoms with Gasteiger partial charge in [0.2, 0.25) is 27.8 Å². The maximum Gasteiger partial charge on any atom is 0.421 e. The number of piperidine rings is 2. The molecule has 5 heterocycles. The van der Waals surface area contributed by atoms with Crippen molar-refractivity contribution in [3.8, 4) is 0 Å². The van der Waals surface area contributed by atoms with Gasteiger partial charge in [0.1, 0.15) is 17.2 Å². The van der Waals surface area contributed by atoms with Crippen molar-refractivity contribution < 1.29 is 31.2 Å². The molecule has 58 heavy (non-hydrogen) atoms. The Labute approximate surface area is 335 Å². The van der Waals surface area contributed by atoms with Crippen LogP contribution >= 0.6 is 0 Å². The van der Waals surface area contributed by atoms with E-state index in [1.165, 1.54) is 18.8 Å². The van der Waals surface area contributed by atoms with Gasteiger partial charge in [0.05, 0.1) is 12.2 Å². The van der Waals surface area contributed by atoms with E-state index >= 15 is 0 Å². The zero-order valence-electron chi connectivity index (χ0n) is 32.4. The summed E-state index contributed by atoms with van der Waals surface area (Å²) in [4.78, 5) is 43.4. The maximum atomic E-state index is 13.9. The molecule has 0 saturated carbocycles. The fourth-order valence-electron chi connectivity index (χ4n) is 7.76. The van der Waals surface area contributed by atoms with Crippen LogP contribution in [-0.4, -0.2) is 104 Å². The number of alkyl halides is 3. The van der Waals surface area contributed by atoms with E-state index in [1.54, 1.807) is 12.1 Å². The van der Waals surface area contributed by atoms with E-state index in [9.17, 15) is 31.2 Å². The molecular weight excluding hydrogens is 774 g/mol.